The van der Waals surface area contributed by atoms with Crippen LogP contribution < -0.4 is 15.4 Å². The van der Waals surface area contributed by atoms with Crippen molar-refractivity contribution in [1.29, 1.82) is 0 Å². The van der Waals surface area contributed by atoms with Crippen LogP contribution in [0, 0.1) is 13.8 Å². The van der Waals surface area contributed by atoms with Crippen molar-refractivity contribution in [2.24, 2.45) is 0 Å². The third kappa shape index (κ3) is 6.11. The molecule has 1 fully saturated rings. The Morgan fingerprint density at radius 2 is 2.14 bits per heavy atom. The van der Waals surface area contributed by atoms with Gasteiger partial charge in [-0.3, -0.25) is 14.7 Å². The monoisotopic (exact) mass is 505 g/mol. The number of aliphatic hydroxyl groups is 1. The number of anilines is 1. The molecule has 9 nitrogen and oxygen atoms in total. The minimum absolute atomic E-state index is 0.178. The van der Waals surface area contributed by atoms with Crippen molar-refractivity contribution >= 4 is 11.6 Å². The van der Waals surface area contributed by atoms with Gasteiger partial charge >= 0.3 is 0 Å². The number of nitrogens with one attached hydrogen (secondary N) is 2. The lowest BCUT2D eigenvalue weighted by molar-refractivity contribution is 0.0837. The first-order chi connectivity index (χ1) is 18.0. The van der Waals surface area contributed by atoms with Gasteiger partial charge in [-0.15, -0.1) is 0 Å². The summed E-state index contributed by atoms with van der Waals surface area (Å²) in [4.78, 5) is 23.1. The highest BCUT2D eigenvalue weighted by atomic mass is 16.5. The number of oxazole rings is 1. The highest BCUT2D eigenvalue weighted by Crippen LogP contribution is 2.30. The van der Waals surface area contributed by atoms with E-state index in [9.17, 15) is 9.90 Å². The molecule has 9 heteroatoms. The van der Waals surface area contributed by atoms with E-state index in [0.29, 0.717) is 24.9 Å². The Labute approximate surface area is 217 Å². The zero-order valence-electron chi connectivity index (χ0n) is 21.5. The molecule has 0 spiro atoms. The summed E-state index contributed by atoms with van der Waals surface area (Å²) in [7, 11) is 0. The van der Waals surface area contributed by atoms with E-state index in [1.807, 2.05) is 19.1 Å². The van der Waals surface area contributed by atoms with Gasteiger partial charge in [0.25, 0.3) is 5.91 Å². The molecule has 1 aromatic carbocycles. The standard InChI is InChI=1S/C28H35N5O4/c1-18-24-9-11-33(14-20(24)6-7-26(18)36-16-27-19(2)31-17-37-27)15-23(34)13-30-28(35)25-12-22(8-10-29-25)32-21-4-3-5-21/h6-8,10,12,17,21,23,34H,3-5,9,11,13-16H2,1-2H3,(H,29,32)(H,30,35). The maximum Gasteiger partial charge on any atom is 0.270 e. The van der Waals surface area contributed by atoms with Gasteiger partial charge in [-0.25, -0.2) is 4.98 Å². The number of nitrogens with zero attached hydrogens (tertiary/aromatic N) is 3. The molecule has 1 aliphatic carbocycles. The van der Waals surface area contributed by atoms with E-state index in [-0.39, 0.29) is 12.5 Å². The number of benzene rings is 1. The van der Waals surface area contributed by atoms with E-state index in [2.05, 4.69) is 38.5 Å². The van der Waals surface area contributed by atoms with E-state index in [0.717, 1.165) is 60.8 Å². The number of aliphatic hydroxyl groups excluding tert-OH is 1. The summed E-state index contributed by atoms with van der Waals surface area (Å²) in [6.07, 6.45) is 6.86. The van der Waals surface area contributed by atoms with Gasteiger partial charge in [-0.2, -0.15) is 0 Å². The van der Waals surface area contributed by atoms with Crippen LogP contribution in [-0.4, -0.2) is 57.7 Å². The average molecular weight is 506 g/mol. The zero-order chi connectivity index (χ0) is 25.8. The van der Waals surface area contributed by atoms with Gasteiger partial charge in [0.2, 0.25) is 0 Å². The number of hydrogen-bond acceptors (Lipinski definition) is 8. The Hall–Kier alpha value is -3.43. The molecular formula is C28H35N5O4. The van der Waals surface area contributed by atoms with E-state index < -0.39 is 6.10 Å². The summed E-state index contributed by atoms with van der Waals surface area (Å²) in [6, 6.07) is 8.24. The van der Waals surface area contributed by atoms with Gasteiger partial charge in [0.1, 0.15) is 18.1 Å². The van der Waals surface area contributed by atoms with Crippen molar-refractivity contribution in [2.45, 2.75) is 64.8 Å². The lowest BCUT2D eigenvalue weighted by Gasteiger charge is -2.31. The van der Waals surface area contributed by atoms with Crippen molar-refractivity contribution in [1.82, 2.24) is 20.2 Å². The molecule has 3 aromatic rings. The number of carbonyl (C=O) groups is 1. The number of fused-ring (bicyclic) bond motifs is 1. The number of aromatic nitrogens is 2. The summed E-state index contributed by atoms with van der Waals surface area (Å²) in [6.45, 7) is 6.59. The summed E-state index contributed by atoms with van der Waals surface area (Å²) in [5.74, 6) is 1.31. The Bertz CT molecular complexity index is 1240. The fraction of sp³-hybridized carbons (Fsp3) is 0.464. The Balaban J connectivity index is 1.10. The second-order valence-electron chi connectivity index (χ2n) is 10.0. The summed E-state index contributed by atoms with van der Waals surface area (Å²) >= 11 is 0. The van der Waals surface area contributed by atoms with Gasteiger partial charge in [-0.05, 0) is 74.4 Å². The lowest BCUT2D eigenvalue weighted by atomic mass is 9.93. The fourth-order valence-electron chi connectivity index (χ4n) is 4.89. The Kier molecular flexibility index (Phi) is 7.71. The van der Waals surface area contributed by atoms with Crippen LogP contribution in [0.2, 0.25) is 0 Å². The van der Waals surface area contributed by atoms with Gasteiger partial charge in [0.15, 0.2) is 12.2 Å². The Morgan fingerprint density at radius 3 is 2.89 bits per heavy atom. The van der Waals surface area contributed by atoms with E-state index in [1.165, 1.54) is 23.9 Å². The summed E-state index contributed by atoms with van der Waals surface area (Å²) in [5.41, 5.74) is 5.79. The van der Waals surface area contributed by atoms with E-state index in [1.54, 1.807) is 12.3 Å². The molecule has 3 N–H and O–H groups in total. The van der Waals surface area contributed by atoms with Crippen LogP contribution in [0.25, 0.3) is 0 Å². The number of hydrogen-bond donors (Lipinski definition) is 3. The second kappa shape index (κ2) is 11.3. The lowest BCUT2D eigenvalue weighted by Crippen LogP contribution is -2.42. The molecule has 0 radical (unpaired) electrons. The predicted octanol–water partition coefficient (Wildman–Crippen LogP) is 3.38. The summed E-state index contributed by atoms with van der Waals surface area (Å²) in [5, 5.41) is 16.9. The number of ether oxygens (including phenoxy) is 1. The molecule has 1 unspecified atom stereocenters. The van der Waals surface area contributed by atoms with Crippen LogP contribution in [-0.2, 0) is 19.6 Å². The first kappa shape index (κ1) is 25.2. The minimum Gasteiger partial charge on any atom is -0.485 e. The zero-order valence-corrected chi connectivity index (χ0v) is 21.5. The van der Waals surface area contributed by atoms with Crippen LogP contribution in [0.15, 0.2) is 41.3 Å². The molecule has 3 heterocycles. The molecule has 196 valence electrons. The van der Waals surface area contributed by atoms with Gasteiger partial charge < -0.3 is 24.9 Å². The average Bonchev–Trinajstić information content (AvgIpc) is 3.29. The van der Waals surface area contributed by atoms with Crippen molar-refractivity contribution < 1.29 is 19.1 Å². The number of aryl methyl sites for hydroxylation is 1. The maximum atomic E-state index is 12.6. The molecule has 1 aliphatic heterocycles. The Morgan fingerprint density at radius 1 is 1.27 bits per heavy atom. The highest BCUT2D eigenvalue weighted by Gasteiger charge is 2.22. The van der Waals surface area contributed by atoms with Gasteiger partial charge in [0.05, 0.1) is 11.8 Å². The van der Waals surface area contributed by atoms with Gasteiger partial charge in [0, 0.05) is 44.1 Å². The molecule has 5 rings (SSSR count). The topological polar surface area (TPSA) is 113 Å². The third-order valence-corrected chi connectivity index (χ3v) is 7.36. The molecule has 0 saturated heterocycles. The highest BCUT2D eigenvalue weighted by molar-refractivity contribution is 5.93. The SMILES string of the molecule is Cc1ncoc1COc1ccc2c(c1C)CCN(CC(O)CNC(=O)c1cc(NC3CCC3)ccn1)C2. The number of pyridine rings is 1. The van der Waals surface area contributed by atoms with E-state index in [4.69, 9.17) is 9.15 Å². The smallest absolute Gasteiger partial charge is 0.270 e. The summed E-state index contributed by atoms with van der Waals surface area (Å²) < 4.78 is 11.4. The third-order valence-electron chi connectivity index (χ3n) is 7.36. The largest absolute Gasteiger partial charge is 0.485 e. The molecule has 2 aliphatic rings. The first-order valence-corrected chi connectivity index (χ1v) is 13.0. The number of rotatable bonds is 10. The van der Waals surface area contributed by atoms with Crippen LogP contribution in [0.4, 0.5) is 5.69 Å². The molecule has 37 heavy (non-hydrogen) atoms. The second-order valence-corrected chi connectivity index (χ2v) is 10.0. The van der Waals surface area contributed by atoms with Crippen LogP contribution in [0.1, 0.15) is 57.9 Å². The number of amides is 1. The first-order valence-electron chi connectivity index (χ1n) is 13.0. The molecule has 2 aromatic heterocycles. The fourth-order valence-corrected chi connectivity index (χ4v) is 4.89. The molecule has 0 bridgehead atoms. The van der Waals surface area contributed by atoms with Crippen molar-refractivity contribution in [3.8, 4) is 5.75 Å². The van der Waals surface area contributed by atoms with Crippen molar-refractivity contribution in [2.75, 3.05) is 25.0 Å². The van der Waals surface area contributed by atoms with Crippen molar-refractivity contribution in [3.05, 3.63) is 70.7 Å². The van der Waals surface area contributed by atoms with Gasteiger partial charge in [-0.1, -0.05) is 6.07 Å². The normalized spacial score (nSPS) is 16.5. The number of β-amino-alcohol motifs (C(OH)–C–C–N with tert-alkyl or cyclic N) is 1. The quantitative estimate of drug-likeness (QED) is 0.384. The predicted molar refractivity (Wildman–Crippen MR) is 140 cm³/mol. The number of carbonyl (C=O) groups excluding carboxylic acids is 1. The maximum absolute atomic E-state index is 12.6. The van der Waals surface area contributed by atoms with Crippen molar-refractivity contribution in [3.63, 3.8) is 0 Å². The van der Waals surface area contributed by atoms with Crippen LogP contribution in [0.5, 0.6) is 5.75 Å². The molecule has 1 saturated carbocycles. The minimum atomic E-state index is -0.671. The van der Waals surface area contributed by atoms with Crippen LogP contribution >= 0.6 is 0 Å². The molecule has 1 atom stereocenters. The molecular weight excluding hydrogens is 470 g/mol. The van der Waals surface area contributed by atoms with E-state index >= 15 is 0 Å². The van der Waals surface area contributed by atoms with Crippen LogP contribution in [0.3, 0.4) is 0 Å². The molecule has 1 amide bonds.